The van der Waals surface area contributed by atoms with Gasteiger partial charge in [0.1, 0.15) is 11.5 Å². The molecule has 128 valence electrons. The van der Waals surface area contributed by atoms with E-state index in [4.69, 9.17) is 23.7 Å². The van der Waals surface area contributed by atoms with Gasteiger partial charge in [0.25, 0.3) is 0 Å². The third kappa shape index (κ3) is 5.58. The molecule has 0 aliphatic rings. The van der Waals surface area contributed by atoms with E-state index in [0.717, 1.165) is 11.1 Å². The van der Waals surface area contributed by atoms with E-state index in [1.165, 1.54) is 0 Å². The zero-order chi connectivity index (χ0) is 17.2. The van der Waals surface area contributed by atoms with Crippen LogP contribution in [0, 0.1) is 0 Å². The van der Waals surface area contributed by atoms with Crippen molar-refractivity contribution in [1.82, 2.24) is 0 Å². The van der Waals surface area contributed by atoms with Crippen LogP contribution in [0.15, 0.2) is 23.8 Å². The molecule has 6 nitrogen and oxygen atoms in total. The maximum Gasteiger partial charge on any atom is 0.333 e. The molecule has 23 heavy (non-hydrogen) atoms. The molecule has 1 rings (SSSR count). The van der Waals surface area contributed by atoms with Gasteiger partial charge in [-0.1, -0.05) is 0 Å². The van der Waals surface area contributed by atoms with E-state index in [1.54, 1.807) is 46.3 Å². The standard InChI is InChI=1S/C17H24O6/c1-6-21-17(18)13(3)12(2)15-9-14(22-10-19-4)7-8-16(15)23-11-20-5/h7-9H,6,10-11H2,1-5H3/b13-12-. The summed E-state index contributed by atoms with van der Waals surface area (Å²) in [6, 6.07) is 5.32. The highest BCUT2D eigenvalue weighted by molar-refractivity contribution is 5.97. The fourth-order valence-corrected chi connectivity index (χ4v) is 1.86. The molecule has 0 aliphatic carbocycles. The summed E-state index contributed by atoms with van der Waals surface area (Å²) in [6.07, 6.45) is 0. The zero-order valence-corrected chi connectivity index (χ0v) is 14.3. The monoisotopic (exact) mass is 324 g/mol. The number of esters is 1. The number of allylic oxidation sites excluding steroid dienone is 1. The molecule has 0 saturated heterocycles. The number of benzene rings is 1. The number of methoxy groups -OCH3 is 2. The van der Waals surface area contributed by atoms with Crippen LogP contribution in [0.1, 0.15) is 26.3 Å². The van der Waals surface area contributed by atoms with Crippen LogP contribution < -0.4 is 9.47 Å². The highest BCUT2D eigenvalue weighted by atomic mass is 16.7. The summed E-state index contributed by atoms with van der Waals surface area (Å²) < 4.78 is 25.9. The zero-order valence-electron chi connectivity index (χ0n) is 14.3. The highest BCUT2D eigenvalue weighted by Crippen LogP contribution is 2.32. The predicted molar refractivity (Wildman–Crippen MR) is 86.4 cm³/mol. The van der Waals surface area contributed by atoms with Gasteiger partial charge in [0.15, 0.2) is 13.6 Å². The molecule has 1 aromatic rings. The van der Waals surface area contributed by atoms with Gasteiger partial charge >= 0.3 is 5.97 Å². The second-order valence-corrected chi connectivity index (χ2v) is 4.73. The Morgan fingerprint density at radius 1 is 1.04 bits per heavy atom. The van der Waals surface area contributed by atoms with Crippen LogP contribution in [0.5, 0.6) is 11.5 Å². The first-order valence-electron chi connectivity index (χ1n) is 7.27. The Hall–Kier alpha value is -2.05. The van der Waals surface area contributed by atoms with E-state index < -0.39 is 0 Å². The lowest BCUT2D eigenvalue weighted by atomic mass is 10.0. The van der Waals surface area contributed by atoms with Crippen molar-refractivity contribution in [2.45, 2.75) is 20.8 Å². The first kappa shape index (κ1) is 19.0. The van der Waals surface area contributed by atoms with Gasteiger partial charge in [-0.2, -0.15) is 0 Å². The van der Waals surface area contributed by atoms with Gasteiger partial charge in [-0.3, -0.25) is 0 Å². The van der Waals surface area contributed by atoms with E-state index in [0.29, 0.717) is 23.7 Å². The predicted octanol–water partition coefficient (Wildman–Crippen LogP) is 3.01. The van der Waals surface area contributed by atoms with Crippen LogP contribution in [0.3, 0.4) is 0 Å². The third-order valence-corrected chi connectivity index (χ3v) is 3.17. The van der Waals surface area contributed by atoms with Crippen molar-refractivity contribution in [3.63, 3.8) is 0 Å². The van der Waals surface area contributed by atoms with E-state index in [9.17, 15) is 4.79 Å². The fraction of sp³-hybridized carbons (Fsp3) is 0.471. The van der Waals surface area contributed by atoms with Crippen LogP contribution >= 0.6 is 0 Å². The molecule has 6 heteroatoms. The van der Waals surface area contributed by atoms with Gasteiger partial charge in [0.2, 0.25) is 0 Å². The normalized spacial score (nSPS) is 11.7. The van der Waals surface area contributed by atoms with E-state index >= 15 is 0 Å². The summed E-state index contributed by atoms with van der Waals surface area (Å²) in [5, 5.41) is 0. The van der Waals surface area contributed by atoms with Crippen LogP contribution in [-0.4, -0.2) is 40.4 Å². The van der Waals surface area contributed by atoms with Crippen LogP contribution in [0.2, 0.25) is 0 Å². The minimum Gasteiger partial charge on any atom is -0.468 e. The number of ether oxygens (including phenoxy) is 5. The summed E-state index contributed by atoms with van der Waals surface area (Å²) in [5.74, 6) is 0.853. The number of carbonyl (C=O) groups excluding carboxylic acids is 1. The van der Waals surface area contributed by atoms with Gasteiger partial charge in [-0.25, -0.2) is 4.79 Å². The molecule has 0 bridgehead atoms. The average Bonchev–Trinajstić information content (AvgIpc) is 2.57. The van der Waals surface area contributed by atoms with Crippen molar-refractivity contribution < 1.29 is 28.5 Å². The number of carbonyl (C=O) groups is 1. The van der Waals surface area contributed by atoms with Gasteiger partial charge in [-0.15, -0.1) is 0 Å². The molecule has 0 heterocycles. The van der Waals surface area contributed by atoms with Gasteiger partial charge in [0.05, 0.1) is 6.61 Å². The lowest BCUT2D eigenvalue weighted by Gasteiger charge is -2.15. The first-order valence-corrected chi connectivity index (χ1v) is 7.27. The number of rotatable bonds is 9. The topological polar surface area (TPSA) is 63.2 Å². The summed E-state index contributed by atoms with van der Waals surface area (Å²) in [7, 11) is 3.09. The largest absolute Gasteiger partial charge is 0.468 e. The van der Waals surface area contributed by atoms with Crippen LogP contribution in [0.4, 0.5) is 0 Å². The van der Waals surface area contributed by atoms with E-state index in [2.05, 4.69) is 0 Å². The number of hydrogen-bond acceptors (Lipinski definition) is 6. The molecule has 0 amide bonds. The quantitative estimate of drug-likeness (QED) is 0.395. The SMILES string of the molecule is CCOC(=O)/C(C)=C(/C)c1cc(OCOC)ccc1OCOC. The van der Waals surface area contributed by atoms with Crippen molar-refractivity contribution in [3.8, 4) is 11.5 Å². The van der Waals surface area contributed by atoms with Gasteiger partial charge in [-0.05, 0) is 44.5 Å². The van der Waals surface area contributed by atoms with Crippen molar-refractivity contribution in [2.24, 2.45) is 0 Å². The molecular weight excluding hydrogens is 300 g/mol. The molecule has 0 aromatic heterocycles. The highest BCUT2D eigenvalue weighted by Gasteiger charge is 2.15. The molecule has 1 aromatic carbocycles. The average molecular weight is 324 g/mol. The van der Waals surface area contributed by atoms with Crippen LogP contribution in [-0.2, 0) is 19.0 Å². The van der Waals surface area contributed by atoms with Crippen molar-refractivity contribution >= 4 is 11.5 Å². The van der Waals surface area contributed by atoms with E-state index in [1.807, 2.05) is 6.92 Å². The molecule has 0 atom stereocenters. The first-order chi connectivity index (χ1) is 11.0. The Morgan fingerprint density at radius 2 is 1.70 bits per heavy atom. The summed E-state index contributed by atoms with van der Waals surface area (Å²) in [5.41, 5.74) is 2.00. The molecule has 0 aliphatic heterocycles. The molecular formula is C17H24O6. The van der Waals surface area contributed by atoms with Gasteiger partial charge < -0.3 is 23.7 Å². The van der Waals surface area contributed by atoms with Crippen LogP contribution in [0.25, 0.3) is 5.57 Å². The smallest absolute Gasteiger partial charge is 0.333 e. The molecule has 0 N–H and O–H groups in total. The Labute approximate surface area is 136 Å². The van der Waals surface area contributed by atoms with E-state index in [-0.39, 0.29) is 19.6 Å². The van der Waals surface area contributed by atoms with Crippen molar-refractivity contribution in [1.29, 1.82) is 0 Å². The Kier molecular flexibility index (Phi) is 8.15. The Morgan fingerprint density at radius 3 is 2.30 bits per heavy atom. The molecule has 0 fully saturated rings. The third-order valence-electron chi connectivity index (χ3n) is 3.17. The number of hydrogen-bond donors (Lipinski definition) is 0. The van der Waals surface area contributed by atoms with Gasteiger partial charge in [0, 0.05) is 25.4 Å². The lowest BCUT2D eigenvalue weighted by Crippen LogP contribution is -2.08. The summed E-state index contributed by atoms with van der Waals surface area (Å²) >= 11 is 0. The molecule has 0 radical (unpaired) electrons. The second-order valence-electron chi connectivity index (χ2n) is 4.73. The minimum atomic E-state index is -0.356. The Balaban J connectivity index is 3.20. The fourth-order valence-electron chi connectivity index (χ4n) is 1.86. The molecule has 0 unspecified atom stereocenters. The molecule has 0 saturated carbocycles. The maximum absolute atomic E-state index is 11.9. The summed E-state index contributed by atoms with van der Waals surface area (Å²) in [4.78, 5) is 11.9. The second kappa shape index (κ2) is 9.86. The van der Waals surface area contributed by atoms with Crippen molar-refractivity contribution in [2.75, 3.05) is 34.4 Å². The molecule has 0 spiro atoms. The lowest BCUT2D eigenvalue weighted by molar-refractivity contribution is -0.138. The Bertz CT molecular complexity index is 550. The minimum absolute atomic E-state index is 0.108. The summed E-state index contributed by atoms with van der Waals surface area (Å²) in [6.45, 7) is 5.89. The maximum atomic E-state index is 11.9. The van der Waals surface area contributed by atoms with Crippen molar-refractivity contribution in [3.05, 3.63) is 29.3 Å².